The number of amides is 1. The van der Waals surface area contributed by atoms with Crippen LogP contribution < -0.4 is 5.32 Å². The summed E-state index contributed by atoms with van der Waals surface area (Å²) in [7, 11) is 2.04. The SMILES string of the molecule is CC.CN1Cc2ccnn2CC2(COC(=O)N2)C1.[HH]. The summed E-state index contributed by atoms with van der Waals surface area (Å²) in [5.74, 6) is 0. The van der Waals surface area contributed by atoms with E-state index in [0.717, 1.165) is 13.1 Å². The summed E-state index contributed by atoms with van der Waals surface area (Å²) in [4.78, 5) is 13.4. The predicted octanol–water partition coefficient (Wildman–Crippen LogP) is 1.08. The van der Waals surface area contributed by atoms with Crippen molar-refractivity contribution in [1.29, 1.82) is 0 Å². The summed E-state index contributed by atoms with van der Waals surface area (Å²) in [5, 5.41) is 7.19. The Kier molecular flexibility index (Phi) is 3.56. The zero-order valence-electron chi connectivity index (χ0n) is 11.1. The summed E-state index contributed by atoms with van der Waals surface area (Å²) in [6.45, 7) is 6.71. The van der Waals surface area contributed by atoms with Crippen LogP contribution in [0.4, 0.5) is 4.79 Å². The monoisotopic (exact) mass is 254 g/mol. The highest BCUT2D eigenvalue weighted by molar-refractivity contribution is 5.70. The second-order valence-corrected chi connectivity index (χ2v) is 4.63. The normalized spacial score (nSPS) is 26.7. The summed E-state index contributed by atoms with van der Waals surface area (Å²) in [6.07, 6.45) is 1.46. The number of nitrogens with one attached hydrogen (secondary N) is 1. The van der Waals surface area contributed by atoms with E-state index in [0.29, 0.717) is 13.2 Å². The number of aromatic nitrogens is 2. The second-order valence-electron chi connectivity index (χ2n) is 4.63. The van der Waals surface area contributed by atoms with Crippen molar-refractivity contribution in [2.75, 3.05) is 20.2 Å². The van der Waals surface area contributed by atoms with Crippen molar-refractivity contribution in [1.82, 2.24) is 20.0 Å². The molecule has 1 atom stereocenters. The zero-order valence-corrected chi connectivity index (χ0v) is 11.1. The maximum Gasteiger partial charge on any atom is 0.407 e. The molecular weight excluding hydrogens is 232 g/mol. The second kappa shape index (κ2) is 4.97. The minimum atomic E-state index is -0.330. The van der Waals surface area contributed by atoms with Gasteiger partial charge in [0.1, 0.15) is 12.1 Å². The Morgan fingerprint density at radius 1 is 1.50 bits per heavy atom. The van der Waals surface area contributed by atoms with Gasteiger partial charge in [0.05, 0.1) is 12.2 Å². The van der Waals surface area contributed by atoms with Gasteiger partial charge in [-0.1, -0.05) is 13.8 Å². The van der Waals surface area contributed by atoms with E-state index in [1.54, 1.807) is 6.20 Å². The largest absolute Gasteiger partial charge is 0.447 e. The number of hydrogen-bond donors (Lipinski definition) is 1. The molecule has 0 saturated carbocycles. The average molecular weight is 254 g/mol. The Hall–Kier alpha value is -1.56. The average Bonchev–Trinajstić information content (AvgIpc) is 2.87. The standard InChI is InChI=1S/C10H14N4O2.C2H6.H2/c1-13-4-8-2-3-11-14(8)6-10(5-13)7-16-9(15)12-10;1-2;/h2-3H,4-7H2,1H3,(H,12,15);1-2H3;1H. The maximum absolute atomic E-state index is 11.2. The van der Waals surface area contributed by atoms with Crippen molar-refractivity contribution in [3.05, 3.63) is 18.0 Å². The van der Waals surface area contributed by atoms with Gasteiger partial charge in [-0.05, 0) is 13.1 Å². The van der Waals surface area contributed by atoms with Gasteiger partial charge in [-0.25, -0.2) is 4.79 Å². The first kappa shape index (κ1) is 12.9. The third-order valence-electron chi connectivity index (χ3n) is 3.11. The third kappa shape index (κ3) is 2.33. The van der Waals surface area contributed by atoms with Gasteiger partial charge in [0, 0.05) is 20.7 Å². The molecule has 1 aromatic rings. The van der Waals surface area contributed by atoms with E-state index in [2.05, 4.69) is 15.3 Å². The van der Waals surface area contributed by atoms with E-state index in [4.69, 9.17) is 4.74 Å². The van der Waals surface area contributed by atoms with Crippen LogP contribution in [0.5, 0.6) is 0 Å². The molecule has 2 aliphatic rings. The van der Waals surface area contributed by atoms with Gasteiger partial charge >= 0.3 is 6.09 Å². The Labute approximate surface area is 108 Å². The molecule has 0 aromatic carbocycles. The maximum atomic E-state index is 11.2. The van der Waals surface area contributed by atoms with Crippen LogP contribution in [-0.4, -0.2) is 46.5 Å². The number of ether oxygens (including phenoxy) is 1. The lowest BCUT2D eigenvalue weighted by Gasteiger charge is -2.27. The van der Waals surface area contributed by atoms with Gasteiger partial charge in [0.2, 0.25) is 0 Å². The number of rotatable bonds is 0. The predicted molar refractivity (Wildman–Crippen MR) is 69.2 cm³/mol. The Morgan fingerprint density at radius 2 is 2.28 bits per heavy atom. The van der Waals surface area contributed by atoms with Crippen LogP contribution in [0.2, 0.25) is 0 Å². The highest BCUT2D eigenvalue weighted by Crippen LogP contribution is 2.22. The minimum Gasteiger partial charge on any atom is -0.447 e. The van der Waals surface area contributed by atoms with E-state index >= 15 is 0 Å². The molecule has 0 radical (unpaired) electrons. The van der Waals surface area contributed by atoms with Crippen LogP contribution >= 0.6 is 0 Å². The molecule has 1 spiro atoms. The first-order valence-corrected chi connectivity index (χ1v) is 6.31. The molecule has 0 aliphatic carbocycles. The molecule has 1 fully saturated rings. The summed E-state index contributed by atoms with van der Waals surface area (Å²) >= 11 is 0. The van der Waals surface area contributed by atoms with Crippen LogP contribution in [0.15, 0.2) is 12.3 Å². The third-order valence-corrected chi connectivity index (χ3v) is 3.11. The van der Waals surface area contributed by atoms with Crippen LogP contribution in [0.25, 0.3) is 0 Å². The van der Waals surface area contributed by atoms with E-state index < -0.39 is 0 Å². The van der Waals surface area contributed by atoms with Gasteiger partial charge in [-0.3, -0.25) is 9.58 Å². The van der Waals surface area contributed by atoms with Gasteiger partial charge in [-0.15, -0.1) is 0 Å². The first-order valence-electron chi connectivity index (χ1n) is 6.31. The van der Waals surface area contributed by atoms with Gasteiger partial charge in [0.25, 0.3) is 0 Å². The minimum absolute atomic E-state index is 0. The van der Waals surface area contributed by atoms with Crippen LogP contribution in [-0.2, 0) is 17.8 Å². The number of fused-ring (bicyclic) bond motifs is 1. The molecule has 1 unspecified atom stereocenters. The Balaban J connectivity index is 0.000000576. The van der Waals surface area contributed by atoms with Crippen molar-refractivity contribution >= 4 is 6.09 Å². The fraction of sp³-hybridized carbons (Fsp3) is 0.667. The molecule has 1 amide bonds. The lowest BCUT2D eigenvalue weighted by molar-refractivity contribution is 0.159. The number of hydrogen-bond acceptors (Lipinski definition) is 4. The molecule has 3 heterocycles. The smallest absolute Gasteiger partial charge is 0.407 e. The molecule has 6 nitrogen and oxygen atoms in total. The number of likely N-dealkylation sites (N-methyl/N-ethyl adjacent to an activating group) is 1. The number of carbonyl (C=O) groups excluding carboxylic acids is 1. The fourth-order valence-corrected chi connectivity index (χ4v) is 2.49. The Morgan fingerprint density at radius 3 is 2.94 bits per heavy atom. The summed E-state index contributed by atoms with van der Waals surface area (Å²) < 4.78 is 6.97. The lowest BCUT2D eigenvalue weighted by Crippen LogP contribution is -2.53. The van der Waals surface area contributed by atoms with Crippen molar-refractivity contribution in [3.8, 4) is 0 Å². The number of cyclic esters (lactones) is 1. The van der Waals surface area contributed by atoms with Crippen molar-refractivity contribution < 1.29 is 11.0 Å². The van der Waals surface area contributed by atoms with Gasteiger partial charge < -0.3 is 10.1 Å². The first-order chi connectivity index (χ1) is 8.67. The molecule has 6 heteroatoms. The molecule has 102 valence electrons. The molecule has 2 aliphatic heterocycles. The van der Waals surface area contributed by atoms with Crippen molar-refractivity contribution in [2.24, 2.45) is 0 Å². The molecule has 18 heavy (non-hydrogen) atoms. The van der Waals surface area contributed by atoms with Gasteiger partial charge in [-0.2, -0.15) is 5.10 Å². The molecule has 1 saturated heterocycles. The molecule has 3 rings (SSSR count). The van der Waals surface area contributed by atoms with Crippen LogP contribution in [0.3, 0.4) is 0 Å². The summed E-state index contributed by atoms with van der Waals surface area (Å²) in [5.41, 5.74) is 0.837. The highest BCUT2D eigenvalue weighted by Gasteiger charge is 2.42. The van der Waals surface area contributed by atoms with Gasteiger partial charge in [0.15, 0.2) is 0 Å². The lowest BCUT2D eigenvalue weighted by atomic mass is 10.0. The fourth-order valence-electron chi connectivity index (χ4n) is 2.49. The topological polar surface area (TPSA) is 59.4 Å². The molecule has 1 N–H and O–H groups in total. The molecule has 1 aromatic heterocycles. The van der Waals surface area contributed by atoms with E-state index in [1.807, 2.05) is 31.6 Å². The molecular formula is C12H22N4O2. The Bertz CT molecular complexity index is 437. The van der Waals surface area contributed by atoms with Crippen molar-refractivity contribution in [2.45, 2.75) is 32.5 Å². The van der Waals surface area contributed by atoms with E-state index in [1.165, 1.54) is 5.69 Å². The van der Waals surface area contributed by atoms with Crippen LogP contribution in [0, 0.1) is 0 Å². The van der Waals surface area contributed by atoms with E-state index in [-0.39, 0.29) is 13.1 Å². The molecule has 0 bridgehead atoms. The quantitative estimate of drug-likeness (QED) is 0.752. The van der Waals surface area contributed by atoms with E-state index in [9.17, 15) is 4.79 Å². The summed E-state index contributed by atoms with van der Waals surface area (Å²) in [6, 6.07) is 2.01. The van der Waals surface area contributed by atoms with Crippen molar-refractivity contribution in [3.63, 3.8) is 0 Å². The number of nitrogens with zero attached hydrogens (tertiary/aromatic N) is 3. The number of alkyl carbamates (subject to hydrolysis) is 1. The van der Waals surface area contributed by atoms with Crippen LogP contribution in [0.1, 0.15) is 21.0 Å². The highest BCUT2D eigenvalue weighted by atomic mass is 16.6. The number of carbonyl (C=O) groups is 1. The zero-order chi connectivity index (χ0) is 13.2.